The van der Waals surface area contributed by atoms with Gasteiger partial charge in [-0.05, 0) is 19.8 Å². The molecule has 0 aromatic carbocycles. The Bertz CT molecular complexity index is 361. The van der Waals surface area contributed by atoms with E-state index < -0.39 is 6.10 Å². The topological polar surface area (TPSA) is 67.5 Å². The van der Waals surface area contributed by atoms with Crippen LogP contribution in [0.2, 0.25) is 0 Å². The summed E-state index contributed by atoms with van der Waals surface area (Å²) in [6.45, 7) is 3.39. The van der Waals surface area contributed by atoms with Crippen molar-refractivity contribution < 1.29 is 14.4 Å². The molecule has 2 rings (SSSR count). The summed E-state index contributed by atoms with van der Waals surface area (Å²) in [4.78, 5) is 0. The molecule has 1 fully saturated rings. The standard InChI is InChI=1S/C14H24N2O3/c1-11-7-14(19-16-11)9-15-8-12(17)10-18-13-5-3-2-4-6-13/h7,12-13,15,17H,2-6,8-10H2,1H3. The molecule has 19 heavy (non-hydrogen) atoms. The summed E-state index contributed by atoms with van der Waals surface area (Å²) in [5.74, 6) is 0.790. The van der Waals surface area contributed by atoms with Gasteiger partial charge in [-0.2, -0.15) is 0 Å². The van der Waals surface area contributed by atoms with Gasteiger partial charge in [-0.25, -0.2) is 0 Å². The molecule has 1 saturated carbocycles. The molecule has 1 aromatic rings. The van der Waals surface area contributed by atoms with Gasteiger partial charge in [0.15, 0.2) is 5.76 Å². The highest BCUT2D eigenvalue weighted by Gasteiger charge is 2.15. The Morgan fingerprint density at radius 3 is 2.95 bits per heavy atom. The summed E-state index contributed by atoms with van der Waals surface area (Å²) in [6.07, 6.45) is 5.98. The van der Waals surface area contributed by atoms with Crippen LogP contribution in [0.15, 0.2) is 10.6 Å². The number of aromatic nitrogens is 1. The van der Waals surface area contributed by atoms with E-state index in [0.29, 0.717) is 25.8 Å². The van der Waals surface area contributed by atoms with Gasteiger partial charge in [-0.1, -0.05) is 24.4 Å². The van der Waals surface area contributed by atoms with Crippen LogP contribution in [-0.2, 0) is 11.3 Å². The number of aliphatic hydroxyl groups is 1. The number of nitrogens with zero attached hydrogens (tertiary/aromatic N) is 1. The number of aliphatic hydroxyl groups excluding tert-OH is 1. The lowest BCUT2D eigenvalue weighted by Crippen LogP contribution is -2.32. The maximum Gasteiger partial charge on any atom is 0.150 e. The summed E-state index contributed by atoms with van der Waals surface area (Å²) in [5.41, 5.74) is 0.873. The zero-order chi connectivity index (χ0) is 13.5. The molecule has 1 unspecified atom stereocenters. The third-order valence-electron chi connectivity index (χ3n) is 3.43. The Morgan fingerprint density at radius 2 is 2.26 bits per heavy atom. The van der Waals surface area contributed by atoms with Crippen molar-refractivity contribution >= 4 is 0 Å². The van der Waals surface area contributed by atoms with Gasteiger partial charge in [-0.3, -0.25) is 0 Å². The Hall–Kier alpha value is -0.910. The molecule has 0 radical (unpaired) electrons. The average molecular weight is 268 g/mol. The van der Waals surface area contributed by atoms with Crippen LogP contribution in [0.4, 0.5) is 0 Å². The Morgan fingerprint density at radius 1 is 1.47 bits per heavy atom. The summed E-state index contributed by atoms with van der Waals surface area (Å²) < 4.78 is 10.8. The van der Waals surface area contributed by atoms with Crippen LogP contribution in [0.3, 0.4) is 0 Å². The second-order valence-corrected chi connectivity index (χ2v) is 5.31. The lowest BCUT2D eigenvalue weighted by atomic mass is 9.98. The molecule has 1 aliphatic rings. The van der Waals surface area contributed by atoms with E-state index in [9.17, 15) is 5.11 Å². The minimum absolute atomic E-state index is 0.348. The Balaban J connectivity index is 1.55. The van der Waals surface area contributed by atoms with E-state index in [1.165, 1.54) is 19.3 Å². The van der Waals surface area contributed by atoms with E-state index in [2.05, 4.69) is 10.5 Å². The summed E-state index contributed by atoms with van der Waals surface area (Å²) in [7, 11) is 0. The fraction of sp³-hybridized carbons (Fsp3) is 0.786. The van der Waals surface area contributed by atoms with Gasteiger partial charge >= 0.3 is 0 Å². The summed E-state index contributed by atoms with van der Waals surface area (Å²) in [6, 6.07) is 1.89. The van der Waals surface area contributed by atoms with Gasteiger partial charge < -0.3 is 19.7 Å². The number of nitrogens with one attached hydrogen (secondary N) is 1. The van der Waals surface area contributed by atoms with Crippen molar-refractivity contribution in [1.29, 1.82) is 0 Å². The van der Waals surface area contributed by atoms with Crippen molar-refractivity contribution in [3.63, 3.8) is 0 Å². The van der Waals surface area contributed by atoms with Crippen molar-refractivity contribution in [2.45, 2.75) is 57.8 Å². The van der Waals surface area contributed by atoms with E-state index in [0.717, 1.165) is 24.3 Å². The lowest BCUT2D eigenvalue weighted by molar-refractivity contribution is -0.0231. The first-order chi connectivity index (χ1) is 9.24. The molecular formula is C14H24N2O3. The minimum atomic E-state index is -0.467. The van der Waals surface area contributed by atoms with Crippen molar-refractivity contribution in [3.8, 4) is 0 Å². The second-order valence-electron chi connectivity index (χ2n) is 5.31. The Labute approximate surface area is 114 Å². The third kappa shape index (κ3) is 5.30. The number of hydrogen-bond acceptors (Lipinski definition) is 5. The Kier molecular flexibility index (Phi) is 5.82. The van der Waals surface area contributed by atoms with Crippen molar-refractivity contribution in [1.82, 2.24) is 10.5 Å². The molecule has 2 N–H and O–H groups in total. The monoisotopic (exact) mass is 268 g/mol. The van der Waals surface area contributed by atoms with Crippen LogP contribution in [0.1, 0.15) is 43.6 Å². The molecule has 0 bridgehead atoms. The first-order valence-corrected chi connectivity index (χ1v) is 7.16. The molecule has 5 heteroatoms. The molecule has 108 valence electrons. The summed E-state index contributed by atoms with van der Waals surface area (Å²) in [5, 5.41) is 16.8. The second kappa shape index (κ2) is 7.62. The highest BCUT2D eigenvalue weighted by Crippen LogP contribution is 2.20. The molecule has 1 heterocycles. The fourth-order valence-electron chi connectivity index (χ4n) is 2.40. The van der Waals surface area contributed by atoms with Gasteiger partial charge in [0.05, 0.1) is 31.1 Å². The SMILES string of the molecule is Cc1cc(CNCC(O)COC2CCCCC2)on1. The van der Waals surface area contributed by atoms with Crippen molar-refractivity contribution in [2.75, 3.05) is 13.2 Å². The maximum atomic E-state index is 9.83. The van der Waals surface area contributed by atoms with E-state index >= 15 is 0 Å². The molecule has 0 amide bonds. The van der Waals surface area contributed by atoms with Crippen molar-refractivity contribution in [2.24, 2.45) is 0 Å². The molecule has 1 aromatic heterocycles. The molecule has 1 aliphatic carbocycles. The largest absolute Gasteiger partial charge is 0.389 e. The molecule has 0 spiro atoms. The number of ether oxygens (including phenoxy) is 1. The highest BCUT2D eigenvalue weighted by molar-refractivity contribution is 5.02. The van der Waals surface area contributed by atoms with Crippen LogP contribution in [0, 0.1) is 6.92 Å². The maximum absolute atomic E-state index is 9.83. The predicted octanol–water partition coefficient (Wildman–Crippen LogP) is 1.78. The van der Waals surface area contributed by atoms with Gasteiger partial charge in [0, 0.05) is 12.6 Å². The predicted molar refractivity (Wildman–Crippen MR) is 71.8 cm³/mol. The molecular weight excluding hydrogens is 244 g/mol. The smallest absolute Gasteiger partial charge is 0.150 e. The quantitative estimate of drug-likeness (QED) is 0.789. The molecule has 1 atom stereocenters. The first kappa shape index (κ1) is 14.5. The zero-order valence-corrected chi connectivity index (χ0v) is 11.6. The summed E-state index contributed by atoms with van der Waals surface area (Å²) >= 11 is 0. The zero-order valence-electron chi connectivity index (χ0n) is 11.6. The van der Waals surface area contributed by atoms with Crippen molar-refractivity contribution in [3.05, 3.63) is 17.5 Å². The number of aryl methyl sites for hydroxylation is 1. The lowest BCUT2D eigenvalue weighted by Gasteiger charge is -2.23. The van der Waals surface area contributed by atoms with Gasteiger partial charge in [-0.15, -0.1) is 0 Å². The first-order valence-electron chi connectivity index (χ1n) is 7.16. The van der Waals surface area contributed by atoms with E-state index in [4.69, 9.17) is 9.26 Å². The van der Waals surface area contributed by atoms with Crippen LogP contribution >= 0.6 is 0 Å². The van der Waals surface area contributed by atoms with Gasteiger partial charge in [0.1, 0.15) is 0 Å². The van der Waals surface area contributed by atoms with Gasteiger partial charge in [0.2, 0.25) is 0 Å². The van der Waals surface area contributed by atoms with E-state index in [1.54, 1.807) is 0 Å². The normalized spacial score (nSPS) is 18.6. The minimum Gasteiger partial charge on any atom is -0.389 e. The average Bonchev–Trinajstić information content (AvgIpc) is 2.83. The van der Waals surface area contributed by atoms with Crippen LogP contribution < -0.4 is 5.32 Å². The van der Waals surface area contributed by atoms with Gasteiger partial charge in [0.25, 0.3) is 0 Å². The fourth-order valence-corrected chi connectivity index (χ4v) is 2.40. The number of hydrogen-bond donors (Lipinski definition) is 2. The molecule has 0 saturated heterocycles. The van der Waals surface area contributed by atoms with Crippen LogP contribution in [-0.4, -0.2) is 35.6 Å². The molecule has 5 nitrogen and oxygen atoms in total. The van der Waals surface area contributed by atoms with Crippen LogP contribution in [0.5, 0.6) is 0 Å². The number of rotatable bonds is 7. The van der Waals surface area contributed by atoms with E-state index in [1.807, 2.05) is 13.0 Å². The third-order valence-corrected chi connectivity index (χ3v) is 3.43. The highest BCUT2D eigenvalue weighted by atomic mass is 16.5. The van der Waals surface area contributed by atoms with E-state index in [-0.39, 0.29) is 0 Å². The molecule has 0 aliphatic heterocycles. The van der Waals surface area contributed by atoms with Crippen LogP contribution in [0.25, 0.3) is 0 Å².